The summed E-state index contributed by atoms with van der Waals surface area (Å²) in [5.41, 5.74) is 2.92. The molecule has 0 atom stereocenters. The lowest BCUT2D eigenvalue weighted by atomic mass is 10.0. The van der Waals surface area contributed by atoms with Gasteiger partial charge in [-0.3, -0.25) is 4.79 Å². The van der Waals surface area contributed by atoms with Crippen LogP contribution in [0.1, 0.15) is 47.5 Å². The van der Waals surface area contributed by atoms with Crippen molar-refractivity contribution in [1.82, 2.24) is 24.6 Å². The Balaban J connectivity index is 1.62. The summed E-state index contributed by atoms with van der Waals surface area (Å²) in [5, 5.41) is 9.33. The number of hydrogen-bond acceptors (Lipinski definition) is 3. The first-order chi connectivity index (χ1) is 11.5. The third kappa shape index (κ3) is 2.38. The van der Waals surface area contributed by atoms with Crippen LogP contribution in [0.4, 0.5) is 0 Å². The van der Waals surface area contributed by atoms with Gasteiger partial charge < -0.3 is 14.5 Å². The smallest absolute Gasteiger partial charge is 0.270 e. The number of benzene rings is 1. The number of carbonyl (C=O) groups excluding carboxylic acids is 1. The van der Waals surface area contributed by atoms with E-state index in [1.165, 1.54) is 5.56 Å². The molecule has 24 heavy (non-hydrogen) atoms. The maximum absolute atomic E-state index is 12.8. The normalized spacial score (nSPS) is 14.4. The van der Waals surface area contributed by atoms with E-state index in [0.29, 0.717) is 24.7 Å². The molecule has 2 aromatic heterocycles. The van der Waals surface area contributed by atoms with E-state index in [4.69, 9.17) is 0 Å². The molecule has 0 unspecified atom stereocenters. The average molecular weight is 323 g/mol. The second-order valence-electron chi connectivity index (χ2n) is 6.73. The standard InChI is InChI=1S/C18H21N5O/c1-11(2)13-4-5-14-9-16(19-15(14)8-13)18(24)22-6-7-23-12(3)20-21-17(23)10-22/h4-5,8-9,11,19H,6-7,10H2,1-3H3. The van der Waals surface area contributed by atoms with Crippen molar-refractivity contribution in [2.24, 2.45) is 0 Å². The number of amides is 1. The maximum Gasteiger partial charge on any atom is 0.270 e. The summed E-state index contributed by atoms with van der Waals surface area (Å²) in [5.74, 6) is 2.24. The summed E-state index contributed by atoms with van der Waals surface area (Å²) in [6, 6.07) is 8.27. The van der Waals surface area contributed by atoms with Crippen LogP contribution >= 0.6 is 0 Å². The van der Waals surface area contributed by atoms with Crippen LogP contribution in [0.3, 0.4) is 0 Å². The zero-order valence-electron chi connectivity index (χ0n) is 14.2. The molecule has 3 heterocycles. The Morgan fingerprint density at radius 1 is 1.21 bits per heavy atom. The Morgan fingerprint density at radius 2 is 2.04 bits per heavy atom. The molecule has 0 aliphatic carbocycles. The Hall–Kier alpha value is -2.63. The molecular formula is C18H21N5O. The fraction of sp³-hybridized carbons (Fsp3) is 0.389. The van der Waals surface area contributed by atoms with Crippen molar-refractivity contribution in [3.8, 4) is 0 Å². The second kappa shape index (κ2) is 5.47. The van der Waals surface area contributed by atoms with Crippen LogP contribution < -0.4 is 0 Å². The van der Waals surface area contributed by atoms with Gasteiger partial charge in [-0.2, -0.15) is 0 Å². The molecule has 1 aliphatic heterocycles. The molecule has 0 bridgehead atoms. The summed E-state index contributed by atoms with van der Waals surface area (Å²) in [7, 11) is 0. The van der Waals surface area contributed by atoms with Crippen LogP contribution in [-0.4, -0.2) is 37.1 Å². The Labute approximate surface area is 140 Å². The van der Waals surface area contributed by atoms with Crippen molar-refractivity contribution in [2.45, 2.75) is 39.8 Å². The van der Waals surface area contributed by atoms with Gasteiger partial charge in [-0.05, 0) is 30.5 Å². The first-order valence-electron chi connectivity index (χ1n) is 8.33. The number of rotatable bonds is 2. The van der Waals surface area contributed by atoms with E-state index in [1.54, 1.807) is 0 Å². The molecule has 6 nitrogen and oxygen atoms in total. The fourth-order valence-electron chi connectivity index (χ4n) is 3.27. The van der Waals surface area contributed by atoms with E-state index >= 15 is 0 Å². The predicted octanol–water partition coefficient (Wildman–Crippen LogP) is 2.85. The number of aryl methyl sites for hydroxylation is 1. The van der Waals surface area contributed by atoms with E-state index in [0.717, 1.165) is 29.1 Å². The monoisotopic (exact) mass is 323 g/mol. The summed E-state index contributed by atoms with van der Waals surface area (Å²) in [4.78, 5) is 18.0. The van der Waals surface area contributed by atoms with Crippen LogP contribution in [0, 0.1) is 6.92 Å². The van der Waals surface area contributed by atoms with Crippen molar-refractivity contribution < 1.29 is 4.79 Å². The van der Waals surface area contributed by atoms with Crippen LogP contribution in [0.15, 0.2) is 24.3 Å². The fourth-order valence-corrected chi connectivity index (χ4v) is 3.27. The summed E-state index contributed by atoms with van der Waals surface area (Å²) < 4.78 is 2.07. The first-order valence-corrected chi connectivity index (χ1v) is 8.33. The van der Waals surface area contributed by atoms with Gasteiger partial charge in [-0.15, -0.1) is 10.2 Å². The number of H-pyrrole nitrogens is 1. The van der Waals surface area contributed by atoms with Crippen molar-refractivity contribution >= 4 is 16.8 Å². The number of nitrogens with one attached hydrogen (secondary N) is 1. The first kappa shape index (κ1) is 14.9. The van der Waals surface area contributed by atoms with Crippen LogP contribution in [0.5, 0.6) is 0 Å². The van der Waals surface area contributed by atoms with E-state index in [-0.39, 0.29) is 5.91 Å². The number of nitrogens with zero attached hydrogens (tertiary/aromatic N) is 4. The van der Waals surface area contributed by atoms with Crippen molar-refractivity contribution in [3.05, 3.63) is 47.2 Å². The minimum atomic E-state index is 0.0178. The van der Waals surface area contributed by atoms with Gasteiger partial charge in [-0.1, -0.05) is 26.0 Å². The molecule has 1 aliphatic rings. The van der Waals surface area contributed by atoms with Gasteiger partial charge in [0.05, 0.1) is 6.54 Å². The van der Waals surface area contributed by atoms with Crippen LogP contribution in [0.2, 0.25) is 0 Å². The summed E-state index contributed by atoms with van der Waals surface area (Å²) in [6.07, 6.45) is 0. The van der Waals surface area contributed by atoms with E-state index in [2.05, 4.69) is 51.8 Å². The van der Waals surface area contributed by atoms with E-state index in [1.807, 2.05) is 17.9 Å². The van der Waals surface area contributed by atoms with Gasteiger partial charge in [0.2, 0.25) is 0 Å². The van der Waals surface area contributed by atoms with Gasteiger partial charge in [0.15, 0.2) is 5.82 Å². The van der Waals surface area contributed by atoms with E-state index < -0.39 is 0 Å². The Kier molecular flexibility index (Phi) is 3.40. The molecule has 0 saturated heterocycles. The molecule has 1 aromatic carbocycles. The minimum absolute atomic E-state index is 0.0178. The zero-order chi connectivity index (χ0) is 16.8. The van der Waals surface area contributed by atoms with Gasteiger partial charge in [0.1, 0.15) is 11.5 Å². The third-order valence-corrected chi connectivity index (χ3v) is 4.77. The molecule has 1 N–H and O–H groups in total. The average Bonchev–Trinajstić information content (AvgIpc) is 3.17. The lowest BCUT2D eigenvalue weighted by molar-refractivity contribution is 0.0701. The highest BCUT2D eigenvalue weighted by Crippen LogP contribution is 2.23. The number of carbonyl (C=O) groups is 1. The zero-order valence-corrected chi connectivity index (χ0v) is 14.2. The van der Waals surface area contributed by atoms with Crippen LogP contribution in [-0.2, 0) is 13.1 Å². The number of hydrogen-bond donors (Lipinski definition) is 1. The predicted molar refractivity (Wildman–Crippen MR) is 91.9 cm³/mol. The lowest BCUT2D eigenvalue weighted by Gasteiger charge is -2.27. The quantitative estimate of drug-likeness (QED) is 0.788. The highest BCUT2D eigenvalue weighted by Gasteiger charge is 2.25. The highest BCUT2D eigenvalue weighted by molar-refractivity contribution is 5.98. The molecule has 124 valence electrons. The van der Waals surface area contributed by atoms with Crippen LogP contribution in [0.25, 0.3) is 10.9 Å². The molecule has 6 heteroatoms. The molecule has 4 rings (SSSR count). The molecule has 0 radical (unpaired) electrons. The molecule has 1 amide bonds. The minimum Gasteiger partial charge on any atom is -0.351 e. The largest absolute Gasteiger partial charge is 0.351 e. The second-order valence-corrected chi connectivity index (χ2v) is 6.73. The molecule has 0 saturated carbocycles. The molecule has 0 fully saturated rings. The highest BCUT2D eigenvalue weighted by atomic mass is 16.2. The lowest BCUT2D eigenvalue weighted by Crippen LogP contribution is -2.38. The Morgan fingerprint density at radius 3 is 2.83 bits per heavy atom. The number of fused-ring (bicyclic) bond motifs is 2. The summed E-state index contributed by atoms with van der Waals surface area (Å²) >= 11 is 0. The van der Waals surface area contributed by atoms with Crippen molar-refractivity contribution in [2.75, 3.05) is 6.54 Å². The number of aromatic nitrogens is 4. The van der Waals surface area contributed by atoms with Gasteiger partial charge >= 0.3 is 0 Å². The van der Waals surface area contributed by atoms with Crippen molar-refractivity contribution in [3.63, 3.8) is 0 Å². The van der Waals surface area contributed by atoms with Gasteiger partial charge in [0.25, 0.3) is 5.91 Å². The maximum atomic E-state index is 12.8. The number of aromatic amines is 1. The molecule has 0 spiro atoms. The third-order valence-electron chi connectivity index (χ3n) is 4.77. The van der Waals surface area contributed by atoms with E-state index in [9.17, 15) is 4.79 Å². The topological polar surface area (TPSA) is 66.8 Å². The molecule has 3 aromatic rings. The SMILES string of the molecule is Cc1nnc2n1CCN(C(=O)c1cc3ccc(C(C)C)cc3[nH]1)C2. The van der Waals surface area contributed by atoms with Gasteiger partial charge in [-0.25, -0.2) is 0 Å². The van der Waals surface area contributed by atoms with Crippen molar-refractivity contribution in [1.29, 1.82) is 0 Å². The summed E-state index contributed by atoms with van der Waals surface area (Å²) in [6.45, 7) is 8.21. The van der Waals surface area contributed by atoms with Gasteiger partial charge in [0, 0.05) is 24.0 Å². The molecular weight excluding hydrogens is 302 g/mol. The Bertz CT molecular complexity index is 921.